The molecule has 0 spiro atoms. The third-order valence-electron chi connectivity index (χ3n) is 5.10. The van der Waals surface area contributed by atoms with Crippen LogP contribution in [-0.2, 0) is 14.8 Å². The van der Waals surface area contributed by atoms with E-state index < -0.39 is 10.0 Å². The smallest absolute Gasteiger partial charge is 0.243 e. The molecule has 2 heterocycles. The van der Waals surface area contributed by atoms with Gasteiger partial charge in [0.2, 0.25) is 15.9 Å². The second-order valence-corrected chi connectivity index (χ2v) is 10.1. The van der Waals surface area contributed by atoms with Crippen molar-refractivity contribution < 1.29 is 13.2 Å². The van der Waals surface area contributed by atoms with Gasteiger partial charge in [0, 0.05) is 23.9 Å². The third kappa shape index (κ3) is 4.42. The maximum atomic E-state index is 13.0. The van der Waals surface area contributed by atoms with Gasteiger partial charge in [-0.25, -0.2) is 8.42 Å². The van der Waals surface area contributed by atoms with Crippen molar-refractivity contribution in [1.82, 2.24) is 9.62 Å². The van der Waals surface area contributed by atoms with Crippen molar-refractivity contribution >= 4 is 27.3 Å². The fourth-order valence-corrected chi connectivity index (χ4v) is 5.94. The number of nitrogens with one attached hydrogen (secondary N) is 1. The number of amides is 1. The number of nitrogens with zero attached hydrogens (tertiary/aromatic N) is 1. The van der Waals surface area contributed by atoms with Gasteiger partial charge in [0.25, 0.3) is 0 Å². The van der Waals surface area contributed by atoms with E-state index in [2.05, 4.69) is 5.32 Å². The summed E-state index contributed by atoms with van der Waals surface area (Å²) in [5.41, 5.74) is 1.81. The highest BCUT2D eigenvalue weighted by atomic mass is 32.2. The minimum absolute atomic E-state index is 0.0134. The molecule has 1 aromatic carbocycles. The molecule has 1 aliphatic heterocycles. The second-order valence-electron chi connectivity index (χ2n) is 7.19. The van der Waals surface area contributed by atoms with Crippen molar-refractivity contribution in [2.24, 2.45) is 5.92 Å². The first kappa shape index (κ1) is 20.0. The zero-order chi connectivity index (χ0) is 19.6. The van der Waals surface area contributed by atoms with Crippen LogP contribution in [0.2, 0.25) is 0 Å². The Bertz CT molecular complexity index is 899. The van der Waals surface area contributed by atoms with E-state index in [-0.39, 0.29) is 17.9 Å². The van der Waals surface area contributed by atoms with Crippen molar-refractivity contribution in [3.05, 3.63) is 51.7 Å². The number of rotatable bonds is 5. The molecule has 7 heteroatoms. The minimum atomic E-state index is -3.51. The van der Waals surface area contributed by atoms with Crippen LogP contribution in [0.1, 0.15) is 41.8 Å². The van der Waals surface area contributed by atoms with Crippen molar-refractivity contribution in [3.63, 3.8) is 0 Å². The molecule has 146 valence electrons. The van der Waals surface area contributed by atoms with E-state index >= 15 is 0 Å². The zero-order valence-corrected chi connectivity index (χ0v) is 17.6. The summed E-state index contributed by atoms with van der Waals surface area (Å²) in [6, 6.07) is 9.36. The molecule has 1 aliphatic rings. The van der Waals surface area contributed by atoms with E-state index in [0.717, 1.165) is 16.0 Å². The lowest BCUT2D eigenvalue weighted by Crippen LogP contribution is -2.43. The zero-order valence-electron chi connectivity index (χ0n) is 15.9. The molecule has 2 aromatic rings. The van der Waals surface area contributed by atoms with Gasteiger partial charge in [0.15, 0.2) is 0 Å². The predicted molar refractivity (Wildman–Crippen MR) is 108 cm³/mol. The van der Waals surface area contributed by atoms with Crippen LogP contribution < -0.4 is 5.32 Å². The van der Waals surface area contributed by atoms with Gasteiger partial charge in [-0.1, -0.05) is 23.8 Å². The molecule has 1 N–H and O–H groups in total. The van der Waals surface area contributed by atoms with Gasteiger partial charge in [-0.05, 0) is 56.7 Å². The lowest BCUT2D eigenvalue weighted by molar-refractivity contribution is -0.126. The molecule has 0 unspecified atom stereocenters. The first-order valence-electron chi connectivity index (χ1n) is 9.20. The number of sulfonamides is 1. The van der Waals surface area contributed by atoms with Crippen LogP contribution in [0.15, 0.2) is 40.6 Å². The molecular formula is C20H26N2O3S2. The number of hydrogen-bond donors (Lipinski definition) is 1. The molecule has 0 radical (unpaired) electrons. The molecule has 1 atom stereocenters. The Morgan fingerprint density at radius 1 is 1.22 bits per heavy atom. The SMILES string of the molecule is Cc1ccc(S(=O)(=O)N2CCC(C(=O)N[C@@H](C)c3cccs3)CC2)c(C)c1. The van der Waals surface area contributed by atoms with Gasteiger partial charge in [0.05, 0.1) is 10.9 Å². The average Bonchev–Trinajstić information content (AvgIpc) is 3.16. The highest BCUT2D eigenvalue weighted by molar-refractivity contribution is 7.89. The van der Waals surface area contributed by atoms with Crippen molar-refractivity contribution in [3.8, 4) is 0 Å². The highest BCUT2D eigenvalue weighted by Crippen LogP contribution is 2.27. The number of carbonyl (C=O) groups is 1. The van der Waals surface area contributed by atoms with Crippen LogP contribution in [0.5, 0.6) is 0 Å². The Morgan fingerprint density at radius 3 is 2.52 bits per heavy atom. The maximum absolute atomic E-state index is 13.0. The highest BCUT2D eigenvalue weighted by Gasteiger charge is 2.33. The first-order valence-corrected chi connectivity index (χ1v) is 11.5. The number of benzene rings is 1. The molecule has 1 amide bonds. The Morgan fingerprint density at radius 2 is 1.93 bits per heavy atom. The van der Waals surface area contributed by atoms with Gasteiger partial charge >= 0.3 is 0 Å². The van der Waals surface area contributed by atoms with Gasteiger partial charge < -0.3 is 5.32 Å². The minimum Gasteiger partial charge on any atom is -0.349 e. The van der Waals surface area contributed by atoms with E-state index in [4.69, 9.17) is 0 Å². The van der Waals surface area contributed by atoms with Crippen molar-refractivity contribution in [2.45, 2.75) is 44.6 Å². The Hall–Kier alpha value is -1.70. The van der Waals surface area contributed by atoms with Crippen molar-refractivity contribution in [2.75, 3.05) is 13.1 Å². The Kier molecular flexibility index (Phi) is 6.03. The van der Waals surface area contributed by atoms with Crippen LogP contribution in [0.3, 0.4) is 0 Å². The number of hydrogen-bond acceptors (Lipinski definition) is 4. The molecule has 1 fully saturated rings. The van der Waals surface area contributed by atoms with Crippen LogP contribution in [0.25, 0.3) is 0 Å². The summed E-state index contributed by atoms with van der Waals surface area (Å²) in [7, 11) is -3.51. The van der Waals surface area contributed by atoms with Gasteiger partial charge in [-0.15, -0.1) is 11.3 Å². The average molecular weight is 407 g/mol. The Labute approximate surface area is 165 Å². The number of piperidine rings is 1. The Balaban J connectivity index is 1.62. The quantitative estimate of drug-likeness (QED) is 0.824. The number of thiophene rings is 1. The molecule has 1 aromatic heterocycles. The summed E-state index contributed by atoms with van der Waals surface area (Å²) in [5.74, 6) is -0.127. The van der Waals surface area contributed by atoms with Crippen LogP contribution in [-0.4, -0.2) is 31.7 Å². The van der Waals surface area contributed by atoms with E-state index in [1.165, 1.54) is 4.31 Å². The molecule has 0 saturated carbocycles. The normalized spacial score (nSPS) is 17.6. The topological polar surface area (TPSA) is 66.5 Å². The summed E-state index contributed by atoms with van der Waals surface area (Å²) in [6.45, 7) is 6.50. The van der Waals surface area contributed by atoms with E-state index in [9.17, 15) is 13.2 Å². The maximum Gasteiger partial charge on any atom is 0.243 e. The molecular weight excluding hydrogens is 380 g/mol. The lowest BCUT2D eigenvalue weighted by atomic mass is 9.97. The van der Waals surface area contributed by atoms with Gasteiger partial charge in [0.1, 0.15) is 0 Å². The number of carbonyl (C=O) groups excluding carboxylic acids is 1. The first-order chi connectivity index (χ1) is 12.8. The van der Waals surface area contributed by atoms with Crippen LogP contribution >= 0.6 is 11.3 Å². The molecule has 1 saturated heterocycles. The predicted octanol–water partition coefficient (Wildman–Crippen LogP) is 3.64. The fraction of sp³-hybridized carbons (Fsp3) is 0.450. The van der Waals surface area contributed by atoms with Crippen molar-refractivity contribution in [1.29, 1.82) is 0 Å². The summed E-state index contributed by atoms with van der Waals surface area (Å²) < 4.78 is 27.4. The summed E-state index contributed by atoms with van der Waals surface area (Å²) >= 11 is 1.62. The van der Waals surface area contributed by atoms with E-state index in [0.29, 0.717) is 30.8 Å². The molecule has 0 bridgehead atoms. The summed E-state index contributed by atoms with van der Waals surface area (Å²) in [6.07, 6.45) is 1.10. The van der Waals surface area contributed by atoms with Crippen LogP contribution in [0, 0.1) is 19.8 Å². The summed E-state index contributed by atoms with van der Waals surface area (Å²) in [4.78, 5) is 14.0. The molecule has 0 aliphatic carbocycles. The summed E-state index contributed by atoms with van der Waals surface area (Å²) in [5, 5.41) is 5.05. The standard InChI is InChI=1S/C20H26N2O3S2/c1-14-6-7-19(15(2)13-14)27(24,25)22-10-8-17(9-11-22)20(23)21-16(3)18-5-4-12-26-18/h4-7,12-13,16-17H,8-11H2,1-3H3,(H,21,23)/t16-/m0/s1. The fourth-order valence-electron chi connectivity index (χ4n) is 3.53. The monoisotopic (exact) mass is 406 g/mol. The van der Waals surface area contributed by atoms with Crippen LogP contribution in [0.4, 0.5) is 0 Å². The second kappa shape index (κ2) is 8.12. The number of aryl methyl sites for hydroxylation is 2. The molecule has 5 nitrogen and oxygen atoms in total. The van der Waals surface area contributed by atoms with Gasteiger partial charge in [-0.2, -0.15) is 4.31 Å². The largest absolute Gasteiger partial charge is 0.349 e. The van der Waals surface area contributed by atoms with Gasteiger partial charge in [-0.3, -0.25) is 4.79 Å². The van der Waals surface area contributed by atoms with E-state index in [1.54, 1.807) is 17.4 Å². The lowest BCUT2D eigenvalue weighted by Gasteiger charge is -2.31. The molecule has 27 heavy (non-hydrogen) atoms. The third-order valence-corrected chi connectivity index (χ3v) is 8.22. The molecule has 3 rings (SSSR count). The van der Waals surface area contributed by atoms with E-state index in [1.807, 2.05) is 50.4 Å².